The summed E-state index contributed by atoms with van der Waals surface area (Å²) in [5.41, 5.74) is 0. The first kappa shape index (κ1) is 19.0. The number of carbonyl (C=O) groups excluding carboxylic acids is 2. The predicted molar refractivity (Wildman–Crippen MR) is 85.3 cm³/mol. The number of amides is 1. The van der Waals surface area contributed by atoms with E-state index in [1.54, 1.807) is 7.05 Å². The van der Waals surface area contributed by atoms with Crippen molar-refractivity contribution in [3.63, 3.8) is 0 Å². The van der Waals surface area contributed by atoms with Gasteiger partial charge in [0.05, 0.1) is 18.5 Å². The average Bonchev–Trinajstić information content (AvgIpc) is 2.77. The summed E-state index contributed by atoms with van der Waals surface area (Å²) >= 11 is 0. The Labute approximate surface area is 133 Å². The molecule has 1 saturated heterocycles. The Hall–Kier alpha value is -1.08. The van der Waals surface area contributed by atoms with Gasteiger partial charge in [0.25, 0.3) is 0 Å². The molecule has 1 amide bonds. The highest BCUT2D eigenvalue weighted by atomic mass is 16.6. The lowest BCUT2D eigenvalue weighted by molar-refractivity contribution is -0.158. The van der Waals surface area contributed by atoms with Gasteiger partial charge in [-0.3, -0.25) is 9.59 Å². The smallest absolute Gasteiger partial charge is 0.306 e. The predicted octanol–water partition coefficient (Wildman–Crippen LogP) is 0.234. The molecule has 0 aliphatic carbocycles. The number of carbonyl (C=O) groups is 2. The molecule has 1 aliphatic heterocycles. The summed E-state index contributed by atoms with van der Waals surface area (Å²) in [7, 11) is 3.48. The third-order valence-electron chi connectivity index (χ3n) is 3.67. The number of hydrogen-bond acceptors (Lipinski definition) is 5. The summed E-state index contributed by atoms with van der Waals surface area (Å²) in [4.78, 5) is 23.2. The van der Waals surface area contributed by atoms with Crippen LogP contribution in [0.2, 0.25) is 0 Å². The van der Waals surface area contributed by atoms with Crippen molar-refractivity contribution in [2.75, 3.05) is 13.7 Å². The topological polar surface area (TPSA) is 73.9 Å². The number of hydrogen-bond donors (Lipinski definition) is 1. The van der Waals surface area contributed by atoms with Crippen LogP contribution < -0.4 is 5.32 Å². The summed E-state index contributed by atoms with van der Waals surface area (Å²) in [6.07, 6.45) is 0.132. The molecule has 0 aromatic heterocycles. The fourth-order valence-corrected chi connectivity index (χ4v) is 2.47. The number of nitrogens with one attached hydrogen (secondary N) is 1. The first-order chi connectivity index (χ1) is 10.4. The van der Waals surface area contributed by atoms with E-state index >= 15 is 0 Å². The van der Waals surface area contributed by atoms with E-state index in [-0.39, 0.29) is 42.9 Å². The van der Waals surface area contributed by atoms with Gasteiger partial charge in [0.2, 0.25) is 5.91 Å². The van der Waals surface area contributed by atoms with Gasteiger partial charge in [0, 0.05) is 20.1 Å². The molecule has 1 fully saturated rings. The molecule has 1 N–H and O–H groups in total. The van der Waals surface area contributed by atoms with Crippen LogP contribution in [0.3, 0.4) is 0 Å². The third kappa shape index (κ3) is 5.61. The zero-order valence-corrected chi connectivity index (χ0v) is 14.3. The molecule has 1 rings (SSSR count). The van der Waals surface area contributed by atoms with Crippen molar-refractivity contribution in [3.8, 4) is 0 Å². The SMILES string of the molecule is B[C@@H]1O[C@H](CC)C(OC(=O)CCC(=O)NC)[C@@H]1OCC(C)C. The molecule has 0 bridgehead atoms. The molecular weight excluding hydrogens is 285 g/mol. The Morgan fingerprint density at radius 3 is 2.50 bits per heavy atom. The normalized spacial score (nSPS) is 27.9. The molecule has 1 unspecified atom stereocenters. The standard InChI is InChI=1S/C15H28BNO5/c1-5-10-13(22-12(19)7-6-11(18)17-4)14(15(16)21-10)20-8-9(2)3/h9-10,13-15H,5-8,16H2,1-4H3,(H,17,18)/t10-,13?,14+,15-/m1/s1. The van der Waals surface area contributed by atoms with Crippen molar-refractivity contribution in [2.24, 2.45) is 5.92 Å². The Morgan fingerprint density at radius 2 is 1.95 bits per heavy atom. The lowest BCUT2D eigenvalue weighted by atomic mass is 9.92. The maximum Gasteiger partial charge on any atom is 0.306 e. The van der Waals surface area contributed by atoms with Gasteiger partial charge in [-0.2, -0.15) is 0 Å². The van der Waals surface area contributed by atoms with Gasteiger partial charge in [0.15, 0.2) is 6.10 Å². The van der Waals surface area contributed by atoms with E-state index in [0.29, 0.717) is 12.5 Å². The zero-order chi connectivity index (χ0) is 16.7. The molecule has 1 heterocycles. The first-order valence-electron chi connectivity index (χ1n) is 8.06. The highest BCUT2D eigenvalue weighted by Crippen LogP contribution is 2.28. The molecule has 0 radical (unpaired) electrons. The first-order valence-corrected chi connectivity index (χ1v) is 8.06. The Morgan fingerprint density at radius 1 is 1.27 bits per heavy atom. The average molecular weight is 313 g/mol. The molecule has 126 valence electrons. The molecule has 1 aliphatic rings. The summed E-state index contributed by atoms with van der Waals surface area (Å²) in [5, 5.41) is 2.49. The van der Waals surface area contributed by atoms with Gasteiger partial charge in [-0.15, -0.1) is 0 Å². The van der Waals surface area contributed by atoms with Gasteiger partial charge in [-0.1, -0.05) is 20.8 Å². The molecule has 6 nitrogen and oxygen atoms in total. The fourth-order valence-electron chi connectivity index (χ4n) is 2.47. The van der Waals surface area contributed by atoms with Gasteiger partial charge in [-0.05, 0) is 12.3 Å². The lowest BCUT2D eigenvalue weighted by Gasteiger charge is -2.24. The second-order valence-electron chi connectivity index (χ2n) is 6.11. The minimum absolute atomic E-state index is 0.0674. The largest absolute Gasteiger partial charge is 0.457 e. The van der Waals surface area contributed by atoms with Crippen molar-refractivity contribution < 1.29 is 23.8 Å². The van der Waals surface area contributed by atoms with E-state index in [0.717, 1.165) is 6.42 Å². The van der Waals surface area contributed by atoms with Crippen LogP contribution in [0.5, 0.6) is 0 Å². The molecule has 22 heavy (non-hydrogen) atoms. The van der Waals surface area contributed by atoms with Crippen LogP contribution in [-0.4, -0.2) is 57.7 Å². The molecule has 0 aromatic carbocycles. The van der Waals surface area contributed by atoms with Crippen molar-refractivity contribution in [3.05, 3.63) is 0 Å². The Balaban J connectivity index is 2.60. The number of rotatable bonds is 8. The van der Waals surface area contributed by atoms with Crippen molar-refractivity contribution in [2.45, 2.75) is 64.3 Å². The lowest BCUT2D eigenvalue weighted by Crippen LogP contribution is -2.40. The van der Waals surface area contributed by atoms with E-state index in [4.69, 9.17) is 14.2 Å². The van der Waals surface area contributed by atoms with E-state index in [9.17, 15) is 9.59 Å². The fraction of sp³-hybridized carbons (Fsp3) is 0.867. The minimum atomic E-state index is -0.407. The molecule has 0 aromatic rings. The highest BCUT2D eigenvalue weighted by Gasteiger charge is 2.44. The molecule has 0 spiro atoms. The monoisotopic (exact) mass is 313 g/mol. The second kappa shape index (κ2) is 9.15. The van der Waals surface area contributed by atoms with Crippen LogP contribution >= 0.6 is 0 Å². The molecule has 4 atom stereocenters. The van der Waals surface area contributed by atoms with Crippen LogP contribution in [0, 0.1) is 5.92 Å². The number of esters is 1. The number of ether oxygens (including phenoxy) is 3. The van der Waals surface area contributed by atoms with Crippen LogP contribution in [0.4, 0.5) is 0 Å². The van der Waals surface area contributed by atoms with E-state index in [1.807, 2.05) is 14.8 Å². The van der Waals surface area contributed by atoms with Gasteiger partial charge >= 0.3 is 5.97 Å². The van der Waals surface area contributed by atoms with Crippen LogP contribution in [0.15, 0.2) is 0 Å². The summed E-state index contributed by atoms with van der Waals surface area (Å²) in [6, 6.07) is -0.111. The molecule has 0 saturated carbocycles. The maximum absolute atomic E-state index is 12.0. The molecule has 7 heteroatoms. The maximum atomic E-state index is 12.0. The highest BCUT2D eigenvalue weighted by molar-refractivity contribution is 6.11. The summed E-state index contributed by atoms with van der Waals surface area (Å²) in [6.45, 7) is 6.74. The summed E-state index contributed by atoms with van der Waals surface area (Å²) < 4.78 is 17.3. The van der Waals surface area contributed by atoms with E-state index < -0.39 is 6.10 Å². The quantitative estimate of drug-likeness (QED) is 0.513. The van der Waals surface area contributed by atoms with Crippen LogP contribution in [0.25, 0.3) is 0 Å². The summed E-state index contributed by atoms with van der Waals surface area (Å²) in [5.74, 6) is -0.159. The molecular formula is C15H28BNO5. The van der Waals surface area contributed by atoms with E-state index in [2.05, 4.69) is 19.2 Å². The zero-order valence-electron chi connectivity index (χ0n) is 14.3. The third-order valence-corrected chi connectivity index (χ3v) is 3.67. The Bertz CT molecular complexity index is 377. The van der Waals surface area contributed by atoms with Gasteiger partial charge in [-0.25, -0.2) is 0 Å². The minimum Gasteiger partial charge on any atom is -0.457 e. The van der Waals surface area contributed by atoms with Gasteiger partial charge in [0.1, 0.15) is 14.0 Å². The van der Waals surface area contributed by atoms with E-state index in [1.165, 1.54) is 0 Å². The van der Waals surface area contributed by atoms with Gasteiger partial charge < -0.3 is 19.5 Å². The Kier molecular flexibility index (Phi) is 7.89. The second-order valence-corrected chi connectivity index (χ2v) is 6.11. The van der Waals surface area contributed by atoms with Crippen LogP contribution in [0.1, 0.15) is 40.0 Å². The van der Waals surface area contributed by atoms with Crippen molar-refractivity contribution in [1.29, 1.82) is 0 Å². The van der Waals surface area contributed by atoms with Crippen molar-refractivity contribution >= 4 is 19.7 Å². The van der Waals surface area contributed by atoms with Crippen LogP contribution in [-0.2, 0) is 23.8 Å². The van der Waals surface area contributed by atoms with Crippen molar-refractivity contribution in [1.82, 2.24) is 5.32 Å².